The molecule has 2 N–H and O–H groups in total. The fraction of sp³-hybridized carbons (Fsp3) is 0.562. The van der Waals surface area contributed by atoms with Crippen LogP contribution in [0.4, 0.5) is 0 Å². The molecule has 1 amide bonds. The number of carbonyl (C=O) groups excluding carboxylic acids is 1. The minimum Gasteiger partial charge on any atom is -0.387 e. The van der Waals surface area contributed by atoms with Crippen LogP contribution in [0.3, 0.4) is 0 Å². The number of nitrogens with one attached hydrogen (secondary N) is 1. The van der Waals surface area contributed by atoms with E-state index in [1.54, 1.807) is 18.7 Å². The number of hydrogen-bond donors (Lipinski definition) is 2. The third-order valence-corrected chi connectivity index (χ3v) is 4.96. The Hall–Kier alpha value is -1.00. The van der Waals surface area contributed by atoms with Crippen molar-refractivity contribution in [2.75, 3.05) is 18.6 Å². The molecule has 1 aromatic rings. The summed E-state index contributed by atoms with van der Waals surface area (Å²) in [6, 6.07) is 9.98. The molecule has 0 bridgehead atoms. The largest absolute Gasteiger partial charge is 0.387 e. The molecule has 2 rings (SSSR count). The van der Waals surface area contributed by atoms with E-state index in [1.807, 2.05) is 36.6 Å². The molecule has 0 aliphatic heterocycles. The molecule has 3 nitrogen and oxygen atoms in total. The summed E-state index contributed by atoms with van der Waals surface area (Å²) in [5.41, 5.74) is -0.138. The van der Waals surface area contributed by atoms with Gasteiger partial charge in [-0.05, 0) is 31.6 Å². The molecule has 0 saturated heterocycles. The minimum absolute atomic E-state index is 0.0522. The third-order valence-electron chi connectivity index (χ3n) is 4.05. The Morgan fingerprint density at radius 2 is 2.05 bits per heavy atom. The number of thioether (sulfide) groups is 1. The van der Waals surface area contributed by atoms with Crippen LogP contribution >= 0.6 is 11.8 Å². The van der Waals surface area contributed by atoms with Crippen molar-refractivity contribution >= 4 is 17.7 Å². The lowest BCUT2D eigenvalue weighted by Crippen LogP contribution is -2.53. The molecular formula is C16H23NO2S. The van der Waals surface area contributed by atoms with Crippen LogP contribution in [0.15, 0.2) is 30.3 Å². The summed E-state index contributed by atoms with van der Waals surface area (Å²) >= 11 is 1.58. The molecule has 110 valence electrons. The molecule has 1 fully saturated rings. The van der Waals surface area contributed by atoms with E-state index in [-0.39, 0.29) is 11.3 Å². The van der Waals surface area contributed by atoms with E-state index in [0.29, 0.717) is 12.3 Å². The molecule has 0 aromatic heterocycles. The first-order chi connectivity index (χ1) is 9.50. The summed E-state index contributed by atoms with van der Waals surface area (Å²) in [5, 5.41) is 13.1. The second-order valence-electron chi connectivity index (χ2n) is 5.91. The number of amides is 1. The normalized spacial score (nSPS) is 19.8. The van der Waals surface area contributed by atoms with Crippen molar-refractivity contribution in [1.82, 2.24) is 5.32 Å². The molecular weight excluding hydrogens is 270 g/mol. The molecule has 1 aromatic carbocycles. The van der Waals surface area contributed by atoms with Gasteiger partial charge in [0.15, 0.2) is 0 Å². The van der Waals surface area contributed by atoms with E-state index < -0.39 is 5.60 Å². The zero-order chi connectivity index (χ0) is 14.6. The lowest BCUT2D eigenvalue weighted by Gasteiger charge is -2.41. The van der Waals surface area contributed by atoms with E-state index in [0.717, 1.165) is 24.8 Å². The van der Waals surface area contributed by atoms with Crippen LogP contribution in [0, 0.1) is 0 Å². The lowest BCUT2D eigenvalue weighted by molar-refractivity contribution is -0.130. The second-order valence-corrected chi connectivity index (χ2v) is 6.78. The summed E-state index contributed by atoms with van der Waals surface area (Å²) in [5.74, 6) is 0.669. The molecule has 4 heteroatoms. The highest BCUT2D eigenvalue weighted by Gasteiger charge is 2.45. The topological polar surface area (TPSA) is 49.3 Å². The van der Waals surface area contributed by atoms with E-state index in [2.05, 4.69) is 5.32 Å². The molecule has 1 saturated carbocycles. The zero-order valence-corrected chi connectivity index (χ0v) is 13.0. The van der Waals surface area contributed by atoms with Crippen molar-refractivity contribution in [3.8, 4) is 0 Å². The van der Waals surface area contributed by atoms with Gasteiger partial charge in [0.2, 0.25) is 5.91 Å². The van der Waals surface area contributed by atoms with Crippen LogP contribution in [0.1, 0.15) is 31.7 Å². The zero-order valence-electron chi connectivity index (χ0n) is 12.2. The Morgan fingerprint density at radius 1 is 1.40 bits per heavy atom. The predicted octanol–water partition coefficient (Wildman–Crippen LogP) is 2.34. The van der Waals surface area contributed by atoms with Gasteiger partial charge in [0.05, 0.1) is 11.0 Å². The molecule has 1 aliphatic carbocycles. The molecule has 0 spiro atoms. The Bertz CT molecular complexity index is 455. The summed E-state index contributed by atoms with van der Waals surface area (Å²) in [6.07, 6.45) is 4.83. The molecule has 1 aliphatic rings. The summed E-state index contributed by atoms with van der Waals surface area (Å²) in [6.45, 7) is 2.07. The van der Waals surface area contributed by atoms with Crippen molar-refractivity contribution in [1.29, 1.82) is 0 Å². The van der Waals surface area contributed by atoms with Gasteiger partial charge in [-0.25, -0.2) is 0 Å². The van der Waals surface area contributed by atoms with Crippen LogP contribution in [0.5, 0.6) is 0 Å². The molecule has 0 unspecified atom stereocenters. The smallest absolute Gasteiger partial charge is 0.230 e. The highest BCUT2D eigenvalue weighted by atomic mass is 32.2. The first-order valence-electron chi connectivity index (χ1n) is 7.05. The fourth-order valence-electron chi connectivity index (χ4n) is 2.74. The first-order valence-corrected chi connectivity index (χ1v) is 8.45. The monoisotopic (exact) mass is 293 g/mol. The molecule has 1 atom stereocenters. The average molecular weight is 293 g/mol. The van der Waals surface area contributed by atoms with Crippen LogP contribution < -0.4 is 5.32 Å². The van der Waals surface area contributed by atoms with E-state index in [1.165, 1.54) is 0 Å². The van der Waals surface area contributed by atoms with Crippen LogP contribution in [0.25, 0.3) is 0 Å². The average Bonchev–Trinajstić information content (AvgIpc) is 2.36. The van der Waals surface area contributed by atoms with Gasteiger partial charge in [0, 0.05) is 12.3 Å². The van der Waals surface area contributed by atoms with Gasteiger partial charge >= 0.3 is 0 Å². The number of aliphatic hydroxyl groups is 1. The quantitative estimate of drug-likeness (QED) is 0.846. The van der Waals surface area contributed by atoms with E-state index in [9.17, 15) is 9.90 Å². The maximum atomic E-state index is 12.6. The number of rotatable bonds is 6. The van der Waals surface area contributed by atoms with Crippen molar-refractivity contribution in [3.63, 3.8) is 0 Å². The third kappa shape index (κ3) is 3.18. The second kappa shape index (κ2) is 6.19. The van der Waals surface area contributed by atoms with E-state index >= 15 is 0 Å². The van der Waals surface area contributed by atoms with Crippen molar-refractivity contribution in [3.05, 3.63) is 35.9 Å². The highest BCUT2D eigenvalue weighted by Crippen LogP contribution is 2.43. The van der Waals surface area contributed by atoms with Crippen LogP contribution in [0.2, 0.25) is 0 Å². The predicted molar refractivity (Wildman–Crippen MR) is 84.0 cm³/mol. The highest BCUT2D eigenvalue weighted by molar-refractivity contribution is 7.98. The minimum atomic E-state index is -0.850. The van der Waals surface area contributed by atoms with Crippen molar-refractivity contribution in [2.24, 2.45) is 0 Å². The standard InChI is InChI=1S/C16H23NO2S/c1-15(19,12-20-2)11-17-14(18)16(9-6-10-16)13-7-4-3-5-8-13/h3-5,7-8,19H,6,9-12H2,1-2H3,(H,17,18)/t15-/m1/s1. The van der Waals surface area contributed by atoms with Gasteiger partial charge in [-0.1, -0.05) is 36.8 Å². The molecule has 0 heterocycles. The van der Waals surface area contributed by atoms with Gasteiger partial charge in [0.1, 0.15) is 0 Å². The number of benzene rings is 1. The first kappa shape index (κ1) is 15.4. The lowest BCUT2D eigenvalue weighted by atomic mass is 9.64. The maximum Gasteiger partial charge on any atom is 0.230 e. The van der Waals surface area contributed by atoms with Crippen LogP contribution in [-0.2, 0) is 10.2 Å². The number of carbonyl (C=O) groups is 1. The van der Waals surface area contributed by atoms with Crippen molar-refractivity contribution < 1.29 is 9.90 Å². The Morgan fingerprint density at radius 3 is 2.55 bits per heavy atom. The van der Waals surface area contributed by atoms with Gasteiger partial charge in [0.25, 0.3) is 0 Å². The Labute approximate surface area is 125 Å². The van der Waals surface area contributed by atoms with Crippen molar-refractivity contribution in [2.45, 2.75) is 37.2 Å². The van der Waals surface area contributed by atoms with Gasteiger partial charge in [-0.15, -0.1) is 0 Å². The Balaban J connectivity index is 2.04. The summed E-state index contributed by atoms with van der Waals surface area (Å²) < 4.78 is 0. The Kier molecular flexibility index (Phi) is 4.76. The molecule has 20 heavy (non-hydrogen) atoms. The number of hydrogen-bond acceptors (Lipinski definition) is 3. The van der Waals surface area contributed by atoms with Gasteiger partial charge < -0.3 is 10.4 Å². The van der Waals surface area contributed by atoms with Crippen LogP contribution in [-0.4, -0.2) is 35.2 Å². The summed E-state index contributed by atoms with van der Waals surface area (Å²) in [4.78, 5) is 12.6. The fourth-order valence-corrected chi connectivity index (χ4v) is 3.46. The van der Waals surface area contributed by atoms with Gasteiger partial charge in [-0.2, -0.15) is 11.8 Å². The maximum absolute atomic E-state index is 12.6. The summed E-state index contributed by atoms with van der Waals surface area (Å²) in [7, 11) is 0. The van der Waals surface area contributed by atoms with Gasteiger partial charge in [-0.3, -0.25) is 4.79 Å². The molecule has 0 radical (unpaired) electrons. The SMILES string of the molecule is CSC[C@](C)(O)CNC(=O)C1(c2ccccc2)CCC1. The van der Waals surface area contributed by atoms with E-state index in [4.69, 9.17) is 0 Å².